The van der Waals surface area contributed by atoms with Crippen molar-refractivity contribution in [3.63, 3.8) is 0 Å². The highest BCUT2D eigenvalue weighted by atomic mass is 16.6. The number of rotatable bonds is 0. The minimum absolute atomic E-state index is 0.110. The van der Waals surface area contributed by atoms with E-state index in [-0.39, 0.29) is 6.09 Å². The van der Waals surface area contributed by atoms with E-state index >= 15 is 0 Å². The zero-order valence-corrected chi connectivity index (χ0v) is 6.75. The molecule has 11 heavy (non-hydrogen) atoms. The number of carbonyl (C=O) groups excluding carboxylic acids is 1. The molecule has 2 heterocycles. The van der Waals surface area contributed by atoms with Crippen molar-refractivity contribution in [3.8, 4) is 0 Å². The molecular weight excluding hydrogens is 142 g/mol. The highest BCUT2D eigenvalue weighted by Crippen LogP contribution is 2.26. The normalized spacial score (nSPS) is 36.8. The Hall–Kier alpha value is -0.730. The number of ether oxygens (including phenoxy) is 1. The number of hydrogen-bond donors (Lipinski definition) is 0. The molecule has 0 saturated carbocycles. The third kappa shape index (κ3) is 1.08. The predicted molar refractivity (Wildman–Crippen MR) is 40.2 cm³/mol. The lowest BCUT2D eigenvalue weighted by atomic mass is 9.96. The Labute approximate surface area is 66.3 Å². The van der Waals surface area contributed by atoms with E-state index in [1.165, 1.54) is 6.42 Å². The summed E-state index contributed by atoms with van der Waals surface area (Å²) in [5, 5.41) is 0. The first-order valence-corrected chi connectivity index (χ1v) is 4.21. The van der Waals surface area contributed by atoms with E-state index in [0.29, 0.717) is 18.6 Å². The summed E-state index contributed by atoms with van der Waals surface area (Å²) < 4.78 is 4.94. The van der Waals surface area contributed by atoms with Gasteiger partial charge in [-0.1, -0.05) is 6.92 Å². The molecule has 0 aliphatic carbocycles. The lowest BCUT2D eigenvalue weighted by molar-refractivity contribution is 0.144. The summed E-state index contributed by atoms with van der Waals surface area (Å²) in [6.07, 6.45) is 2.24. The molecule has 2 atom stereocenters. The van der Waals surface area contributed by atoms with Gasteiger partial charge in [-0.05, 0) is 18.8 Å². The summed E-state index contributed by atoms with van der Waals surface area (Å²) in [5.74, 6) is 0.650. The van der Waals surface area contributed by atoms with E-state index in [9.17, 15) is 4.79 Å². The van der Waals surface area contributed by atoms with Crippen molar-refractivity contribution in [1.82, 2.24) is 4.90 Å². The molecule has 2 saturated heterocycles. The molecule has 0 N–H and O–H groups in total. The second kappa shape index (κ2) is 2.40. The second-order valence-corrected chi connectivity index (χ2v) is 3.57. The van der Waals surface area contributed by atoms with Crippen LogP contribution in [-0.4, -0.2) is 30.2 Å². The molecule has 2 fully saturated rings. The Bertz CT molecular complexity index is 181. The van der Waals surface area contributed by atoms with Crippen molar-refractivity contribution in [2.45, 2.75) is 25.8 Å². The van der Waals surface area contributed by atoms with Crippen LogP contribution in [0.3, 0.4) is 0 Å². The highest BCUT2D eigenvalue weighted by molar-refractivity contribution is 5.70. The van der Waals surface area contributed by atoms with Crippen LogP contribution in [0, 0.1) is 5.92 Å². The van der Waals surface area contributed by atoms with E-state index < -0.39 is 0 Å². The van der Waals surface area contributed by atoms with Crippen LogP contribution in [-0.2, 0) is 4.74 Å². The van der Waals surface area contributed by atoms with E-state index in [0.717, 1.165) is 13.0 Å². The standard InChI is InChI=1S/C8H13NO2/c1-6-2-3-7-5-11-8(10)9(7)4-6/h6-7H,2-5H2,1H3. The average Bonchev–Trinajstić information content (AvgIpc) is 2.33. The highest BCUT2D eigenvalue weighted by Gasteiger charge is 2.36. The minimum Gasteiger partial charge on any atom is -0.447 e. The van der Waals surface area contributed by atoms with E-state index in [2.05, 4.69) is 6.92 Å². The Balaban J connectivity index is 2.07. The summed E-state index contributed by atoms with van der Waals surface area (Å²) in [7, 11) is 0. The second-order valence-electron chi connectivity index (χ2n) is 3.57. The van der Waals surface area contributed by atoms with E-state index in [1.54, 1.807) is 0 Å². The number of piperidine rings is 1. The van der Waals surface area contributed by atoms with Gasteiger partial charge in [0.15, 0.2) is 0 Å². The summed E-state index contributed by atoms with van der Waals surface area (Å²) in [6, 6.07) is 0.388. The number of carbonyl (C=O) groups is 1. The molecule has 2 unspecified atom stereocenters. The first kappa shape index (κ1) is 6.95. The van der Waals surface area contributed by atoms with Gasteiger partial charge in [-0.2, -0.15) is 0 Å². The number of hydrogen-bond acceptors (Lipinski definition) is 2. The van der Waals surface area contributed by atoms with E-state index in [1.807, 2.05) is 4.90 Å². The van der Waals surface area contributed by atoms with Crippen LogP contribution in [0.5, 0.6) is 0 Å². The van der Waals surface area contributed by atoms with Gasteiger partial charge < -0.3 is 9.64 Å². The van der Waals surface area contributed by atoms with Crippen molar-refractivity contribution in [2.75, 3.05) is 13.2 Å². The first-order chi connectivity index (χ1) is 5.27. The molecule has 62 valence electrons. The topological polar surface area (TPSA) is 29.5 Å². The zero-order chi connectivity index (χ0) is 7.84. The molecule has 2 aliphatic rings. The number of amides is 1. The maximum atomic E-state index is 11.1. The SMILES string of the molecule is CC1CCC2COC(=O)N2C1. The molecule has 2 rings (SSSR count). The summed E-state index contributed by atoms with van der Waals surface area (Å²) >= 11 is 0. The number of cyclic esters (lactones) is 1. The van der Waals surface area contributed by atoms with Crippen LogP contribution in [0.4, 0.5) is 4.79 Å². The van der Waals surface area contributed by atoms with Crippen molar-refractivity contribution in [2.24, 2.45) is 5.92 Å². The molecule has 0 bridgehead atoms. The van der Waals surface area contributed by atoms with Gasteiger partial charge >= 0.3 is 6.09 Å². The fourth-order valence-corrected chi connectivity index (χ4v) is 1.86. The predicted octanol–water partition coefficient (Wildman–Crippen LogP) is 1.24. The van der Waals surface area contributed by atoms with Crippen LogP contribution in [0.2, 0.25) is 0 Å². The third-order valence-electron chi connectivity index (χ3n) is 2.58. The molecular formula is C8H13NO2. The first-order valence-electron chi connectivity index (χ1n) is 4.21. The maximum absolute atomic E-state index is 11.1. The van der Waals surface area contributed by atoms with Gasteiger partial charge in [0.1, 0.15) is 6.61 Å². The summed E-state index contributed by atoms with van der Waals surface area (Å²) in [6.45, 7) is 3.69. The molecule has 1 amide bonds. The molecule has 0 aromatic carbocycles. The maximum Gasteiger partial charge on any atom is 0.410 e. The average molecular weight is 155 g/mol. The number of fused-ring (bicyclic) bond motifs is 1. The minimum atomic E-state index is -0.110. The Morgan fingerprint density at radius 3 is 3.18 bits per heavy atom. The largest absolute Gasteiger partial charge is 0.447 e. The van der Waals surface area contributed by atoms with Gasteiger partial charge in [-0.15, -0.1) is 0 Å². The molecule has 0 spiro atoms. The summed E-state index contributed by atoms with van der Waals surface area (Å²) in [5.41, 5.74) is 0. The van der Waals surface area contributed by atoms with Gasteiger partial charge in [-0.25, -0.2) is 4.79 Å². The Kier molecular flexibility index (Phi) is 1.51. The quantitative estimate of drug-likeness (QED) is 0.526. The molecule has 0 aromatic rings. The lowest BCUT2D eigenvalue weighted by Crippen LogP contribution is -2.41. The van der Waals surface area contributed by atoms with Gasteiger partial charge in [0.25, 0.3) is 0 Å². The van der Waals surface area contributed by atoms with Crippen LogP contribution in [0.15, 0.2) is 0 Å². The molecule has 2 aliphatic heterocycles. The van der Waals surface area contributed by atoms with Gasteiger partial charge in [-0.3, -0.25) is 0 Å². The molecule has 0 aromatic heterocycles. The summed E-state index contributed by atoms with van der Waals surface area (Å²) in [4.78, 5) is 12.9. The third-order valence-corrected chi connectivity index (χ3v) is 2.58. The Morgan fingerprint density at radius 1 is 1.55 bits per heavy atom. The van der Waals surface area contributed by atoms with Gasteiger partial charge in [0.05, 0.1) is 6.04 Å². The zero-order valence-electron chi connectivity index (χ0n) is 6.75. The fraction of sp³-hybridized carbons (Fsp3) is 0.875. The van der Waals surface area contributed by atoms with Crippen molar-refractivity contribution in [3.05, 3.63) is 0 Å². The fourth-order valence-electron chi connectivity index (χ4n) is 1.86. The van der Waals surface area contributed by atoms with Gasteiger partial charge in [0, 0.05) is 6.54 Å². The molecule has 3 nitrogen and oxygen atoms in total. The lowest BCUT2D eigenvalue weighted by Gasteiger charge is -2.30. The number of nitrogens with zero attached hydrogens (tertiary/aromatic N) is 1. The molecule has 3 heteroatoms. The van der Waals surface area contributed by atoms with Crippen molar-refractivity contribution >= 4 is 6.09 Å². The van der Waals surface area contributed by atoms with Crippen LogP contribution >= 0.6 is 0 Å². The van der Waals surface area contributed by atoms with Gasteiger partial charge in [0.2, 0.25) is 0 Å². The van der Waals surface area contributed by atoms with E-state index in [4.69, 9.17) is 4.74 Å². The monoisotopic (exact) mass is 155 g/mol. The molecule has 0 radical (unpaired) electrons. The van der Waals surface area contributed by atoms with Crippen molar-refractivity contribution < 1.29 is 9.53 Å². The van der Waals surface area contributed by atoms with Crippen LogP contribution < -0.4 is 0 Å². The van der Waals surface area contributed by atoms with Crippen LogP contribution in [0.1, 0.15) is 19.8 Å². The van der Waals surface area contributed by atoms with Crippen LogP contribution in [0.25, 0.3) is 0 Å². The Morgan fingerprint density at radius 2 is 2.36 bits per heavy atom. The van der Waals surface area contributed by atoms with Crippen molar-refractivity contribution in [1.29, 1.82) is 0 Å². The smallest absolute Gasteiger partial charge is 0.410 e.